The van der Waals surface area contributed by atoms with Crippen molar-refractivity contribution in [2.24, 2.45) is 0 Å². The van der Waals surface area contributed by atoms with Gasteiger partial charge in [0, 0.05) is 0 Å². The maximum atomic E-state index is 5.85. The molecule has 1 heterocycles. The summed E-state index contributed by atoms with van der Waals surface area (Å²) in [5, 5.41) is 10.8. The van der Waals surface area contributed by atoms with Crippen LogP contribution in [-0.4, -0.2) is 20.2 Å². The average molecular weight is 247 g/mol. The lowest BCUT2D eigenvalue weighted by atomic mass is 10.3. The van der Waals surface area contributed by atoms with Gasteiger partial charge in [-0.3, -0.25) is 0 Å². The summed E-state index contributed by atoms with van der Waals surface area (Å²) in [4.78, 5) is 0. The fraction of sp³-hybridized carbons (Fsp3) is 0. The zero-order valence-corrected chi connectivity index (χ0v) is 9.07. The largest absolute Gasteiger partial charge is 0.242 e. The Morgan fingerprint density at radius 3 is 2.64 bits per heavy atom. The number of aromatic amines is 1. The van der Waals surface area contributed by atoms with Gasteiger partial charge in [0.2, 0.25) is 4.77 Å². The van der Waals surface area contributed by atoms with Crippen molar-refractivity contribution in [2.45, 2.75) is 0 Å². The number of tetrazole rings is 1. The van der Waals surface area contributed by atoms with Crippen LogP contribution in [0.4, 0.5) is 0 Å². The molecule has 1 aromatic carbocycles. The van der Waals surface area contributed by atoms with E-state index in [2.05, 4.69) is 15.5 Å². The molecule has 0 amide bonds. The van der Waals surface area contributed by atoms with Gasteiger partial charge >= 0.3 is 0 Å². The van der Waals surface area contributed by atoms with E-state index in [4.69, 9.17) is 35.4 Å². The van der Waals surface area contributed by atoms with Gasteiger partial charge in [-0.25, -0.2) is 4.68 Å². The molecule has 14 heavy (non-hydrogen) atoms. The van der Waals surface area contributed by atoms with Gasteiger partial charge in [0.15, 0.2) is 0 Å². The second-order valence-corrected chi connectivity index (χ2v) is 3.70. The van der Waals surface area contributed by atoms with Gasteiger partial charge < -0.3 is 0 Å². The van der Waals surface area contributed by atoms with E-state index in [0.717, 1.165) is 5.69 Å². The lowest BCUT2D eigenvalue weighted by Crippen LogP contribution is -1.96. The maximum absolute atomic E-state index is 5.85. The SMILES string of the molecule is S=c1nn[nH]n1-c1ccc(Cl)c(Cl)c1. The van der Waals surface area contributed by atoms with Crippen molar-refractivity contribution >= 4 is 35.4 Å². The smallest absolute Gasteiger partial charge is 0.210 e. The highest BCUT2D eigenvalue weighted by atomic mass is 35.5. The molecule has 0 fully saturated rings. The quantitative estimate of drug-likeness (QED) is 0.788. The fourth-order valence-electron chi connectivity index (χ4n) is 0.990. The molecule has 0 aliphatic rings. The summed E-state index contributed by atoms with van der Waals surface area (Å²) in [6.07, 6.45) is 0. The zero-order chi connectivity index (χ0) is 10.1. The predicted octanol–water partition coefficient (Wildman–Crippen LogP) is 2.63. The minimum atomic E-state index is 0.336. The number of benzene rings is 1. The van der Waals surface area contributed by atoms with E-state index < -0.39 is 0 Å². The van der Waals surface area contributed by atoms with Crippen LogP contribution < -0.4 is 0 Å². The molecule has 0 aliphatic carbocycles. The topological polar surface area (TPSA) is 46.5 Å². The van der Waals surface area contributed by atoms with E-state index in [9.17, 15) is 0 Å². The Hall–Kier alpha value is -0.910. The highest BCUT2D eigenvalue weighted by Crippen LogP contribution is 2.23. The lowest BCUT2D eigenvalue weighted by Gasteiger charge is -2.01. The molecule has 4 nitrogen and oxygen atoms in total. The Kier molecular flexibility index (Phi) is 2.54. The molecule has 2 aromatic rings. The molecular formula is C7H4Cl2N4S. The normalized spacial score (nSPS) is 10.4. The van der Waals surface area contributed by atoms with Crippen molar-refractivity contribution in [1.82, 2.24) is 20.2 Å². The van der Waals surface area contributed by atoms with Crippen LogP contribution in [-0.2, 0) is 0 Å². The molecule has 7 heteroatoms. The average Bonchev–Trinajstić information content (AvgIpc) is 2.57. The Bertz CT molecular complexity index is 518. The number of halogens is 2. The van der Waals surface area contributed by atoms with Gasteiger partial charge in [-0.05, 0) is 30.4 Å². The minimum Gasteiger partial charge on any atom is -0.210 e. The first kappa shape index (κ1) is 9.64. The molecule has 0 bridgehead atoms. The van der Waals surface area contributed by atoms with Crippen molar-refractivity contribution in [3.05, 3.63) is 33.0 Å². The number of nitrogens with zero attached hydrogens (tertiary/aromatic N) is 3. The van der Waals surface area contributed by atoms with E-state index >= 15 is 0 Å². The van der Waals surface area contributed by atoms with Crippen LogP contribution in [0.15, 0.2) is 18.2 Å². The number of hydrogen-bond donors (Lipinski definition) is 1. The second-order valence-electron chi connectivity index (χ2n) is 2.52. The summed E-state index contributed by atoms with van der Waals surface area (Å²) in [5.41, 5.74) is 0.745. The molecule has 2 rings (SSSR count). The Morgan fingerprint density at radius 2 is 2.07 bits per heavy atom. The Morgan fingerprint density at radius 1 is 1.29 bits per heavy atom. The number of H-pyrrole nitrogens is 1. The van der Waals surface area contributed by atoms with Crippen LogP contribution in [0, 0.1) is 4.77 Å². The van der Waals surface area contributed by atoms with Crippen molar-refractivity contribution < 1.29 is 0 Å². The van der Waals surface area contributed by atoms with Crippen LogP contribution in [0.2, 0.25) is 10.0 Å². The summed E-state index contributed by atoms with van der Waals surface area (Å²) >= 11 is 16.5. The number of hydrogen-bond acceptors (Lipinski definition) is 3. The number of aromatic nitrogens is 4. The monoisotopic (exact) mass is 246 g/mol. The molecule has 0 unspecified atom stereocenters. The minimum absolute atomic E-state index is 0.336. The Labute approximate surface area is 94.4 Å². The molecule has 0 radical (unpaired) electrons. The number of nitrogens with one attached hydrogen (secondary N) is 1. The van der Waals surface area contributed by atoms with E-state index in [1.54, 1.807) is 18.2 Å². The van der Waals surface area contributed by atoms with Crippen molar-refractivity contribution in [2.75, 3.05) is 0 Å². The van der Waals surface area contributed by atoms with Crippen LogP contribution in [0.5, 0.6) is 0 Å². The van der Waals surface area contributed by atoms with Gasteiger partial charge in [0.05, 0.1) is 15.7 Å². The summed E-state index contributed by atoms with van der Waals surface area (Å²) in [6.45, 7) is 0. The van der Waals surface area contributed by atoms with Gasteiger partial charge in [0.25, 0.3) is 0 Å². The first-order valence-electron chi connectivity index (χ1n) is 3.64. The molecule has 0 aliphatic heterocycles. The molecule has 0 saturated heterocycles. The third kappa shape index (κ3) is 1.66. The van der Waals surface area contributed by atoms with Crippen LogP contribution in [0.25, 0.3) is 5.69 Å². The van der Waals surface area contributed by atoms with E-state index in [1.807, 2.05) is 0 Å². The van der Waals surface area contributed by atoms with Gasteiger partial charge in [0.1, 0.15) is 0 Å². The molecule has 1 aromatic heterocycles. The highest BCUT2D eigenvalue weighted by molar-refractivity contribution is 7.71. The molecular weight excluding hydrogens is 243 g/mol. The van der Waals surface area contributed by atoms with Gasteiger partial charge in [-0.2, -0.15) is 5.21 Å². The summed E-state index contributed by atoms with van der Waals surface area (Å²) in [6, 6.07) is 5.13. The predicted molar refractivity (Wildman–Crippen MR) is 56.6 cm³/mol. The summed E-state index contributed by atoms with van der Waals surface area (Å²) in [5.74, 6) is 0. The first-order valence-corrected chi connectivity index (χ1v) is 4.80. The second kappa shape index (κ2) is 3.68. The van der Waals surface area contributed by atoms with E-state index in [1.165, 1.54) is 4.68 Å². The standard InChI is InChI=1S/C7H4Cl2N4S/c8-5-2-1-4(3-6(5)9)13-7(14)10-11-12-13/h1-3H,(H,10,12,14). The first-order chi connectivity index (χ1) is 6.68. The van der Waals surface area contributed by atoms with Crippen LogP contribution in [0.1, 0.15) is 0 Å². The molecule has 1 N–H and O–H groups in total. The third-order valence-electron chi connectivity index (χ3n) is 1.63. The van der Waals surface area contributed by atoms with E-state index in [-0.39, 0.29) is 0 Å². The highest BCUT2D eigenvalue weighted by Gasteiger charge is 2.02. The van der Waals surface area contributed by atoms with Gasteiger partial charge in [-0.1, -0.05) is 33.5 Å². The zero-order valence-electron chi connectivity index (χ0n) is 6.74. The molecule has 0 spiro atoms. The maximum Gasteiger partial charge on any atom is 0.242 e. The third-order valence-corrected chi connectivity index (χ3v) is 2.64. The van der Waals surface area contributed by atoms with Crippen molar-refractivity contribution in [3.63, 3.8) is 0 Å². The van der Waals surface area contributed by atoms with Crippen molar-refractivity contribution in [3.8, 4) is 5.69 Å². The van der Waals surface area contributed by atoms with Crippen LogP contribution in [0.3, 0.4) is 0 Å². The number of rotatable bonds is 1. The fourth-order valence-corrected chi connectivity index (χ4v) is 1.47. The molecule has 0 atom stereocenters. The van der Waals surface area contributed by atoms with Gasteiger partial charge in [-0.15, -0.1) is 0 Å². The van der Waals surface area contributed by atoms with E-state index in [0.29, 0.717) is 14.8 Å². The Balaban J connectivity index is 2.59. The molecule has 0 saturated carbocycles. The van der Waals surface area contributed by atoms with Crippen LogP contribution >= 0.6 is 35.4 Å². The molecule has 72 valence electrons. The summed E-state index contributed by atoms with van der Waals surface area (Å²) < 4.78 is 1.86. The lowest BCUT2D eigenvalue weighted by molar-refractivity contribution is 0.786. The summed E-state index contributed by atoms with van der Waals surface area (Å²) in [7, 11) is 0. The van der Waals surface area contributed by atoms with Crippen molar-refractivity contribution in [1.29, 1.82) is 0 Å².